The number of hydrogen-bond donors (Lipinski definition) is 0. The second-order valence-corrected chi connectivity index (χ2v) is 9.02. The third kappa shape index (κ3) is 3.91. The third-order valence-corrected chi connectivity index (χ3v) is 6.83. The number of Topliss-reactive ketones (excluding diaryl/α,β-unsaturated/α-hetero) is 2. The first-order valence-electron chi connectivity index (χ1n) is 8.32. The zero-order valence-corrected chi connectivity index (χ0v) is 17.5. The summed E-state index contributed by atoms with van der Waals surface area (Å²) in [5, 5.41) is 1.15. The highest BCUT2D eigenvalue weighted by Crippen LogP contribution is 2.43. The molecule has 0 spiro atoms. The molecule has 0 aromatic heterocycles. The summed E-state index contributed by atoms with van der Waals surface area (Å²) in [7, 11) is 0. The highest BCUT2D eigenvalue weighted by atomic mass is 35.5. The Morgan fingerprint density at radius 2 is 1.00 bits per heavy atom. The number of benzene rings is 3. The van der Waals surface area contributed by atoms with Crippen LogP contribution in [0.15, 0.2) is 92.4 Å². The van der Waals surface area contributed by atoms with Crippen LogP contribution in [0.5, 0.6) is 0 Å². The average Bonchev–Trinajstić information content (AvgIpc) is 2.69. The first-order valence-corrected chi connectivity index (χ1v) is 10.7. The van der Waals surface area contributed by atoms with E-state index in [1.807, 2.05) is 24.3 Å². The summed E-state index contributed by atoms with van der Waals surface area (Å²) >= 11 is 14.7. The van der Waals surface area contributed by atoms with E-state index in [9.17, 15) is 9.59 Å². The maximum absolute atomic E-state index is 13.2. The van der Waals surface area contributed by atoms with Gasteiger partial charge in [0.15, 0.2) is 0 Å². The Morgan fingerprint density at radius 3 is 1.39 bits per heavy atom. The Kier molecular flexibility index (Phi) is 5.65. The summed E-state index contributed by atoms with van der Waals surface area (Å²) in [6.45, 7) is 0. The fraction of sp³-hybridized carbons (Fsp3) is 0. The highest BCUT2D eigenvalue weighted by molar-refractivity contribution is 8.08. The number of hydrogen-bond acceptors (Lipinski definition) is 4. The Labute approximate surface area is 180 Å². The molecule has 4 rings (SSSR count). The number of thioether (sulfide) groups is 2. The van der Waals surface area contributed by atoms with Crippen LogP contribution < -0.4 is 0 Å². The SMILES string of the molecule is O=C1C(Sc2cccc(Cl)c2)=C(Sc2cccc(Cl)c2)C(=O)c2ccccc21. The summed E-state index contributed by atoms with van der Waals surface area (Å²) < 4.78 is 0. The molecule has 2 nitrogen and oxygen atoms in total. The monoisotopic (exact) mass is 442 g/mol. The van der Waals surface area contributed by atoms with Gasteiger partial charge in [0, 0.05) is 31.0 Å². The zero-order chi connectivity index (χ0) is 19.7. The minimum atomic E-state index is -0.162. The molecule has 0 saturated heterocycles. The normalized spacial score (nSPS) is 13.6. The molecule has 6 heteroatoms. The van der Waals surface area contributed by atoms with Crippen LogP contribution in [0.4, 0.5) is 0 Å². The highest BCUT2D eigenvalue weighted by Gasteiger charge is 2.33. The molecule has 138 valence electrons. The molecule has 3 aromatic carbocycles. The number of carbonyl (C=O) groups is 2. The van der Waals surface area contributed by atoms with Crippen LogP contribution in [0, 0.1) is 0 Å². The van der Waals surface area contributed by atoms with Crippen molar-refractivity contribution in [1.82, 2.24) is 0 Å². The van der Waals surface area contributed by atoms with Crippen molar-refractivity contribution in [1.29, 1.82) is 0 Å². The van der Waals surface area contributed by atoms with Gasteiger partial charge < -0.3 is 0 Å². The molecule has 0 bridgehead atoms. The number of rotatable bonds is 4. The second-order valence-electron chi connectivity index (χ2n) is 5.98. The van der Waals surface area contributed by atoms with Crippen LogP contribution in [0.1, 0.15) is 20.7 Å². The Hall–Kier alpha value is -1.98. The summed E-state index contributed by atoms with van der Waals surface area (Å²) in [5.74, 6) is -0.325. The largest absolute Gasteiger partial charge is 0.288 e. The minimum absolute atomic E-state index is 0.162. The lowest BCUT2D eigenvalue weighted by Gasteiger charge is -2.20. The van der Waals surface area contributed by atoms with Gasteiger partial charge in [-0.15, -0.1) is 0 Å². The van der Waals surface area contributed by atoms with Crippen molar-refractivity contribution in [2.45, 2.75) is 9.79 Å². The van der Waals surface area contributed by atoms with E-state index in [4.69, 9.17) is 23.2 Å². The fourth-order valence-electron chi connectivity index (χ4n) is 2.81. The Bertz CT molecular complexity index is 1050. The number of carbonyl (C=O) groups excluding carboxylic acids is 2. The lowest BCUT2D eigenvalue weighted by molar-refractivity contribution is 0.0988. The number of halogens is 2. The first kappa shape index (κ1) is 19.3. The van der Waals surface area contributed by atoms with Gasteiger partial charge in [0.2, 0.25) is 11.6 Å². The summed E-state index contributed by atoms with van der Waals surface area (Å²) in [5.41, 5.74) is 0.847. The summed E-state index contributed by atoms with van der Waals surface area (Å²) in [6, 6.07) is 21.4. The fourth-order valence-corrected chi connectivity index (χ4v) is 5.48. The third-order valence-electron chi connectivity index (χ3n) is 4.07. The molecule has 0 saturated carbocycles. The number of fused-ring (bicyclic) bond motifs is 1. The molecule has 0 amide bonds. The molecule has 0 fully saturated rings. The average molecular weight is 443 g/mol. The van der Waals surface area contributed by atoms with Crippen molar-refractivity contribution in [2.24, 2.45) is 0 Å². The molecule has 1 aliphatic carbocycles. The van der Waals surface area contributed by atoms with Gasteiger partial charge in [0.05, 0.1) is 9.81 Å². The van der Waals surface area contributed by atoms with Crippen molar-refractivity contribution in [3.8, 4) is 0 Å². The van der Waals surface area contributed by atoms with Crippen molar-refractivity contribution < 1.29 is 9.59 Å². The minimum Gasteiger partial charge on any atom is -0.288 e. The van der Waals surface area contributed by atoms with E-state index >= 15 is 0 Å². The van der Waals surface area contributed by atoms with Crippen LogP contribution in [-0.4, -0.2) is 11.6 Å². The molecule has 3 aromatic rings. The summed E-state index contributed by atoms with van der Waals surface area (Å²) in [4.78, 5) is 28.8. The smallest absolute Gasteiger partial charge is 0.201 e. The standard InChI is InChI=1S/C22H12Cl2O2S2/c23-13-5-3-7-15(11-13)27-21-19(25)17-9-1-2-10-18(17)20(26)22(21)28-16-8-4-6-14(24)12-16/h1-12H. The van der Waals surface area contributed by atoms with Gasteiger partial charge >= 0.3 is 0 Å². The molecule has 0 unspecified atom stereocenters. The van der Waals surface area contributed by atoms with Crippen LogP contribution in [0.2, 0.25) is 10.0 Å². The molecular formula is C22H12Cl2O2S2. The predicted octanol–water partition coefficient (Wildman–Crippen LogP) is 7.17. The maximum atomic E-state index is 13.2. The molecule has 0 radical (unpaired) electrons. The Morgan fingerprint density at radius 1 is 0.571 bits per heavy atom. The van der Waals surface area contributed by atoms with Gasteiger partial charge in [-0.05, 0) is 36.4 Å². The summed E-state index contributed by atoms with van der Waals surface area (Å²) in [6.07, 6.45) is 0. The molecular weight excluding hydrogens is 431 g/mol. The van der Waals surface area contributed by atoms with Crippen molar-refractivity contribution >= 4 is 58.3 Å². The van der Waals surface area contributed by atoms with Gasteiger partial charge in [-0.1, -0.05) is 83.1 Å². The lowest BCUT2D eigenvalue weighted by Crippen LogP contribution is -2.19. The molecule has 1 aliphatic rings. The van der Waals surface area contributed by atoms with Crippen molar-refractivity contribution in [3.63, 3.8) is 0 Å². The van der Waals surface area contributed by atoms with Gasteiger partial charge in [0.25, 0.3) is 0 Å². The molecule has 0 N–H and O–H groups in total. The molecule has 28 heavy (non-hydrogen) atoms. The topological polar surface area (TPSA) is 34.1 Å². The van der Waals surface area contributed by atoms with E-state index in [-0.39, 0.29) is 11.6 Å². The van der Waals surface area contributed by atoms with Gasteiger partial charge in [0.1, 0.15) is 0 Å². The predicted molar refractivity (Wildman–Crippen MR) is 117 cm³/mol. The second kappa shape index (κ2) is 8.18. The number of allylic oxidation sites excluding steroid dienone is 2. The van der Waals surface area contributed by atoms with Crippen LogP contribution in [-0.2, 0) is 0 Å². The quantitative estimate of drug-likeness (QED) is 0.428. The molecule has 0 atom stereocenters. The maximum Gasteiger partial charge on any atom is 0.201 e. The van der Waals surface area contributed by atoms with Crippen molar-refractivity contribution in [2.75, 3.05) is 0 Å². The van der Waals surface area contributed by atoms with E-state index in [2.05, 4.69) is 0 Å². The van der Waals surface area contributed by atoms with Crippen LogP contribution in [0.3, 0.4) is 0 Å². The van der Waals surface area contributed by atoms with Crippen molar-refractivity contribution in [3.05, 3.63) is 104 Å². The number of ketones is 2. The van der Waals surface area contributed by atoms with Gasteiger partial charge in [-0.3, -0.25) is 9.59 Å². The van der Waals surface area contributed by atoms with E-state index in [1.165, 1.54) is 23.5 Å². The Balaban J connectivity index is 1.83. The van der Waals surface area contributed by atoms with Gasteiger partial charge in [-0.2, -0.15) is 0 Å². The van der Waals surface area contributed by atoms with E-state index in [1.54, 1.807) is 48.5 Å². The van der Waals surface area contributed by atoms with Crippen LogP contribution >= 0.6 is 46.7 Å². The van der Waals surface area contributed by atoms with E-state index < -0.39 is 0 Å². The molecule has 0 heterocycles. The first-order chi connectivity index (χ1) is 13.5. The molecule has 0 aliphatic heterocycles. The lowest BCUT2D eigenvalue weighted by atomic mass is 9.94. The van der Waals surface area contributed by atoms with E-state index in [0.717, 1.165) is 9.79 Å². The van der Waals surface area contributed by atoms with E-state index in [0.29, 0.717) is 31.0 Å². The van der Waals surface area contributed by atoms with Crippen LogP contribution in [0.25, 0.3) is 0 Å². The zero-order valence-electron chi connectivity index (χ0n) is 14.3. The van der Waals surface area contributed by atoms with Gasteiger partial charge in [-0.25, -0.2) is 0 Å².